The number of amides is 2. The van der Waals surface area contributed by atoms with Crippen LogP contribution in [0.15, 0.2) is 64.8 Å². The van der Waals surface area contributed by atoms with Gasteiger partial charge in [0, 0.05) is 37.6 Å². The molecule has 2 aliphatic heterocycles. The summed E-state index contributed by atoms with van der Waals surface area (Å²) in [7, 11) is 5.09. The van der Waals surface area contributed by atoms with Crippen LogP contribution < -0.4 is 10.1 Å². The number of aliphatic imine (C=N–C) groups is 1. The van der Waals surface area contributed by atoms with E-state index in [1.807, 2.05) is 31.2 Å². The summed E-state index contributed by atoms with van der Waals surface area (Å²) in [5, 5.41) is 3.93. The molecule has 0 aromatic heterocycles. The van der Waals surface area contributed by atoms with Gasteiger partial charge in [-0.05, 0) is 49.2 Å². The van der Waals surface area contributed by atoms with E-state index in [0.717, 1.165) is 35.1 Å². The molecule has 1 N–H and O–H groups in total. The van der Waals surface area contributed by atoms with Crippen molar-refractivity contribution in [1.29, 1.82) is 0 Å². The number of carbonyl (C=O) groups excluding carboxylic acids is 2. The monoisotopic (exact) mass is 464 g/mol. The van der Waals surface area contributed by atoms with Gasteiger partial charge in [-0.3, -0.25) is 9.59 Å². The number of hydrogen-bond acceptors (Lipinski definition) is 6. The highest BCUT2D eigenvalue weighted by molar-refractivity contribution is 8.13. The second-order valence-electron chi connectivity index (χ2n) is 8.20. The number of anilines is 1. The molecule has 2 heterocycles. The SMILES string of the molecule is COc1cccc(C(=O)Nc2cccc([C@@H]3C(C(=O)N(C)C)=C(C)N=C4SCCCN43)c2)c1. The number of nitrogens with zero attached hydrogens (tertiary/aromatic N) is 3. The van der Waals surface area contributed by atoms with Crippen molar-refractivity contribution in [3.8, 4) is 5.75 Å². The third-order valence-electron chi connectivity index (χ3n) is 5.69. The number of likely N-dealkylation sites (N-methyl/N-ethyl adjacent to an activating group) is 1. The summed E-state index contributed by atoms with van der Waals surface area (Å²) in [5.74, 6) is 1.37. The standard InChI is InChI=1S/C25H28N4O3S/c1-16-21(24(31)28(2)3)22(29-12-7-13-33-25(29)26-16)17-8-5-10-19(14-17)27-23(30)18-9-6-11-20(15-18)32-4/h5-6,8-11,14-15,22H,7,12-13H2,1-4H3,(H,27,30)/t22-/m1/s1. The number of carbonyl (C=O) groups is 2. The maximum absolute atomic E-state index is 13.2. The fourth-order valence-corrected chi connectivity index (χ4v) is 5.10. The highest BCUT2D eigenvalue weighted by Gasteiger charge is 2.37. The lowest BCUT2D eigenvalue weighted by molar-refractivity contribution is -0.125. The van der Waals surface area contributed by atoms with Gasteiger partial charge in [-0.15, -0.1) is 0 Å². The predicted octanol–water partition coefficient (Wildman–Crippen LogP) is 4.16. The molecule has 0 radical (unpaired) electrons. The molecular formula is C25H28N4O3S. The average molecular weight is 465 g/mol. The van der Waals surface area contributed by atoms with E-state index in [2.05, 4.69) is 10.2 Å². The van der Waals surface area contributed by atoms with E-state index in [4.69, 9.17) is 9.73 Å². The molecule has 7 nitrogen and oxygen atoms in total. The lowest BCUT2D eigenvalue weighted by Crippen LogP contribution is -2.43. The van der Waals surface area contributed by atoms with Crippen molar-refractivity contribution in [1.82, 2.24) is 9.80 Å². The van der Waals surface area contributed by atoms with Crippen LogP contribution in [0, 0.1) is 0 Å². The largest absolute Gasteiger partial charge is 0.497 e. The molecule has 0 aliphatic carbocycles. The van der Waals surface area contributed by atoms with Crippen LogP contribution in [0.25, 0.3) is 0 Å². The van der Waals surface area contributed by atoms with Crippen LogP contribution >= 0.6 is 11.8 Å². The second kappa shape index (κ2) is 9.70. The van der Waals surface area contributed by atoms with Crippen molar-refractivity contribution in [2.45, 2.75) is 19.4 Å². The number of amidine groups is 1. The first kappa shape index (κ1) is 22.9. The Balaban J connectivity index is 1.68. The Kier molecular flexibility index (Phi) is 6.74. The number of fused-ring (bicyclic) bond motifs is 1. The van der Waals surface area contributed by atoms with E-state index >= 15 is 0 Å². The minimum atomic E-state index is -0.256. The molecule has 2 amide bonds. The van der Waals surface area contributed by atoms with Crippen LogP contribution in [-0.4, -0.2) is 60.3 Å². The van der Waals surface area contributed by atoms with Gasteiger partial charge in [-0.25, -0.2) is 4.99 Å². The number of methoxy groups -OCH3 is 1. The summed E-state index contributed by atoms with van der Waals surface area (Å²) in [6.45, 7) is 2.73. The van der Waals surface area contributed by atoms with Gasteiger partial charge in [0.25, 0.3) is 11.8 Å². The zero-order valence-corrected chi connectivity index (χ0v) is 20.1. The molecule has 1 fully saturated rings. The fraction of sp³-hybridized carbons (Fsp3) is 0.320. The Hall–Kier alpha value is -3.26. The Morgan fingerprint density at radius 1 is 1.18 bits per heavy atom. The molecule has 172 valence electrons. The van der Waals surface area contributed by atoms with Gasteiger partial charge in [0.15, 0.2) is 5.17 Å². The van der Waals surface area contributed by atoms with Crippen molar-refractivity contribution in [3.05, 3.63) is 70.9 Å². The minimum absolute atomic E-state index is 0.0540. The van der Waals surface area contributed by atoms with Crippen molar-refractivity contribution in [3.63, 3.8) is 0 Å². The van der Waals surface area contributed by atoms with Crippen LogP contribution in [0.2, 0.25) is 0 Å². The summed E-state index contributed by atoms with van der Waals surface area (Å²) in [5.41, 5.74) is 3.53. The van der Waals surface area contributed by atoms with Crippen LogP contribution in [0.1, 0.15) is 35.3 Å². The molecule has 1 saturated heterocycles. The van der Waals surface area contributed by atoms with Gasteiger partial charge in [0.1, 0.15) is 5.75 Å². The third kappa shape index (κ3) is 4.75. The molecule has 33 heavy (non-hydrogen) atoms. The second-order valence-corrected chi connectivity index (χ2v) is 9.26. The average Bonchev–Trinajstić information content (AvgIpc) is 2.82. The number of rotatable bonds is 5. The fourth-order valence-electron chi connectivity index (χ4n) is 4.08. The quantitative estimate of drug-likeness (QED) is 0.719. The first-order valence-electron chi connectivity index (χ1n) is 10.8. The van der Waals surface area contributed by atoms with Gasteiger partial charge < -0.3 is 19.9 Å². The summed E-state index contributed by atoms with van der Waals surface area (Å²) in [6, 6.07) is 14.5. The molecule has 4 rings (SSSR count). The maximum Gasteiger partial charge on any atom is 0.255 e. The van der Waals surface area contributed by atoms with Gasteiger partial charge in [-0.1, -0.05) is 30.0 Å². The molecular weight excluding hydrogens is 436 g/mol. The van der Waals surface area contributed by atoms with Gasteiger partial charge in [0.05, 0.1) is 24.4 Å². The Morgan fingerprint density at radius 2 is 1.97 bits per heavy atom. The van der Waals surface area contributed by atoms with Gasteiger partial charge in [-0.2, -0.15) is 0 Å². The number of thioether (sulfide) groups is 1. The zero-order chi connectivity index (χ0) is 23.5. The van der Waals surface area contributed by atoms with Crippen molar-refractivity contribution >= 4 is 34.4 Å². The summed E-state index contributed by atoms with van der Waals surface area (Å²) >= 11 is 1.72. The van der Waals surface area contributed by atoms with E-state index in [1.165, 1.54) is 0 Å². The molecule has 0 unspecified atom stereocenters. The van der Waals surface area contributed by atoms with E-state index in [9.17, 15) is 9.59 Å². The normalized spacial score (nSPS) is 17.8. The molecule has 2 aliphatic rings. The topological polar surface area (TPSA) is 74.2 Å². The maximum atomic E-state index is 13.2. The van der Waals surface area contributed by atoms with Crippen molar-refractivity contribution in [2.75, 3.05) is 38.8 Å². The highest BCUT2D eigenvalue weighted by Crippen LogP contribution is 2.40. The summed E-state index contributed by atoms with van der Waals surface area (Å²) in [4.78, 5) is 34.6. The molecule has 0 spiro atoms. The van der Waals surface area contributed by atoms with Crippen LogP contribution in [-0.2, 0) is 4.79 Å². The van der Waals surface area contributed by atoms with E-state index in [0.29, 0.717) is 22.6 Å². The molecule has 0 bridgehead atoms. The highest BCUT2D eigenvalue weighted by atomic mass is 32.2. The van der Waals surface area contributed by atoms with E-state index in [-0.39, 0.29) is 17.9 Å². The molecule has 2 aromatic carbocycles. The number of allylic oxidation sites excluding steroid dienone is 1. The number of nitrogens with one attached hydrogen (secondary N) is 1. The predicted molar refractivity (Wildman–Crippen MR) is 133 cm³/mol. The first-order chi connectivity index (χ1) is 15.9. The van der Waals surface area contributed by atoms with Crippen molar-refractivity contribution < 1.29 is 14.3 Å². The van der Waals surface area contributed by atoms with Crippen molar-refractivity contribution in [2.24, 2.45) is 4.99 Å². The number of ether oxygens (including phenoxy) is 1. The lowest BCUT2D eigenvalue weighted by Gasteiger charge is -2.41. The zero-order valence-electron chi connectivity index (χ0n) is 19.3. The molecule has 2 aromatic rings. The minimum Gasteiger partial charge on any atom is -0.497 e. The smallest absolute Gasteiger partial charge is 0.255 e. The Morgan fingerprint density at radius 3 is 2.73 bits per heavy atom. The number of hydrogen-bond donors (Lipinski definition) is 1. The number of benzene rings is 2. The third-order valence-corrected chi connectivity index (χ3v) is 6.76. The van der Waals surface area contributed by atoms with Crippen LogP contribution in [0.5, 0.6) is 5.75 Å². The van der Waals surface area contributed by atoms with Gasteiger partial charge >= 0.3 is 0 Å². The summed E-state index contributed by atoms with van der Waals surface area (Å²) < 4.78 is 5.23. The van der Waals surface area contributed by atoms with Crippen LogP contribution in [0.3, 0.4) is 0 Å². The van der Waals surface area contributed by atoms with E-state index < -0.39 is 0 Å². The Bertz CT molecular complexity index is 1140. The lowest BCUT2D eigenvalue weighted by atomic mass is 9.93. The van der Waals surface area contributed by atoms with E-state index in [1.54, 1.807) is 62.1 Å². The molecule has 0 saturated carbocycles. The van der Waals surface area contributed by atoms with Gasteiger partial charge in [0.2, 0.25) is 0 Å². The summed E-state index contributed by atoms with van der Waals surface area (Å²) in [6.07, 6.45) is 1.02. The first-order valence-corrected chi connectivity index (χ1v) is 11.8. The molecule has 1 atom stereocenters. The molecule has 8 heteroatoms. The van der Waals surface area contributed by atoms with Crippen LogP contribution in [0.4, 0.5) is 5.69 Å². The Labute approximate surface area is 198 Å².